The van der Waals surface area contributed by atoms with Crippen LogP contribution < -0.4 is 0 Å². The number of hydrogen-bond donors (Lipinski definition) is 0. The predicted octanol–water partition coefficient (Wildman–Crippen LogP) is 11.8. The van der Waals surface area contributed by atoms with Gasteiger partial charge in [0.05, 0.1) is 0 Å². The van der Waals surface area contributed by atoms with Gasteiger partial charge in [-0.25, -0.2) is 0 Å². The number of aromatic nitrogens is 2. The average molecular weight is 684 g/mol. The van der Waals surface area contributed by atoms with E-state index in [-0.39, 0.29) is 26.2 Å². The maximum absolute atomic E-state index is 4.56. The summed E-state index contributed by atoms with van der Waals surface area (Å²) in [7, 11) is 0. The molecule has 0 bridgehead atoms. The number of aryl methyl sites for hydroxylation is 4. The van der Waals surface area contributed by atoms with Crippen LogP contribution >= 0.6 is 0 Å². The molecular weight excluding hydrogens is 648 g/mol. The summed E-state index contributed by atoms with van der Waals surface area (Å²) in [6.07, 6.45) is 3.85. The minimum absolute atomic E-state index is 0. The van der Waals surface area contributed by atoms with Gasteiger partial charge in [-0.15, -0.1) is 69.1 Å². The Kier molecular flexibility index (Phi) is 9.57. The third-order valence-corrected chi connectivity index (χ3v) is 8.64. The van der Waals surface area contributed by atoms with Crippen molar-refractivity contribution in [3.63, 3.8) is 0 Å². The molecule has 0 aliphatic rings. The smallest absolute Gasteiger partial charge is 0.295 e. The summed E-state index contributed by atoms with van der Waals surface area (Å²) in [5.74, 6) is 0. The van der Waals surface area contributed by atoms with Crippen LogP contribution in [-0.2, 0) is 26.2 Å². The minimum atomic E-state index is 0. The number of benzene rings is 4. The van der Waals surface area contributed by atoms with E-state index >= 15 is 0 Å². The second kappa shape index (κ2) is 14.0. The van der Waals surface area contributed by atoms with E-state index in [2.05, 4.69) is 171 Å². The monoisotopic (exact) mass is 682 g/mol. The van der Waals surface area contributed by atoms with E-state index in [9.17, 15) is 0 Å². The van der Waals surface area contributed by atoms with Crippen molar-refractivity contribution < 1.29 is 26.2 Å². The molecule has 0 fully saturated rings. The summed E-state index contributed by atoms with van der Waals surface area (Å²) in [6.45, 7) is 8.36. The van der Waals surface area contributed by atoms with E-state index in [0.717, 1.165) is 11.4 Å². The first kappa shape index (κ1) is 32.2. The van der Waals surface area contributed by atoms with Crippen molar-refractivity contribution in [2.24, 2.45) is 0 Å². The van der Waals surface area contributed by atoms with Crippen molar-refractivity contribution in [1.82, 2.24) is 9.97 Å². The zero-order valence-electron chi connectivity index (χ0n) is 27.3. The molecule has 0 amide bonds. The van der Waals surface area contributed by atoms with E-state index in [1.54, 1.807) is 0 Å². The van der Waals surface area contributed by atoms with Gasteiger partial charge >= 0.3 is 26.2 Å². The number of rotatable bonds is 4. The van der Waals surface area contributed by atoms with Crippen molar-refractivity contribution in [1.29, 1.82) is 0 Å². The van der Waals surface area contributed by atoms with Gasteiger partial charge in [-0.3, -0.25) is 9.97 Å². The van der Waals surface area contributed by atoms with Crippen LogP contribution in [0.3, 0.4) is 0 Å². The molecule has 0 spiro atoms. The van der Waals surface area contributed by atoms with Crippen LogP contribution in [0, 0.1) is 27.7 Å². The largest absolute Gasteiger partial charge is 2.00 e. The maximum atomic E-state index is 4.56. The van der Waals surface area contributed by atoms with Gasteiger partial charge in [0, 0.05) is 23.8 Å². The fourth-order valence-electron chi connectivity index (χ4n) is 6.01. The SMILES string of the molecule is Cc1ccc(-c2cccc3[cH-]c(-c4ccc(C)cn4)cc23)cc1.Cc1ccc(-c2cccc3[cH-]c(-c4ccc(C)cn4)cc23)cc1.[Zr+2]. The van der Waals surface area contributed by atoms with Gasteiger partial charge in [0.15, 0.2) is 0 Å². The molecule has 0 aliphatic heterocycles. The molecule has 6 aromatic carbocycles. The van der Waals surface area contributed by atoms with Crippen LogP contribution in [0.5, 0.6) is 0 Å². The molecule has 2 nitrogen and oxygen atoms in total. The third kappa shape index (κ3) is 7.02. The van der Waals surface area contributed by atoms with Gasteiger partial charge in [-0.1, -0.05) is 119 Å². The first-order chi connectivity index (χ1) is 22.4. The predicted molar refractivity (Wildman–Crippen MR) is 195 cm³/mol. The standard InChI is InChI=1S/2C22H18N.Zr/c2*1-15-6-9-17(10-7-15)20-5-3-4-18-12-19(13-21(18)20)22-11-8-16(2)14-23-22;/h2*3-14H,1-2H3;/q2*-1;+2. The first-order valence-electron chi connectivity index (χ1n) is 15.8. The second-order valence-electron chi connectivity index (χ2n) is 12.3. The summed E-state index contributed by atoms with van der Waals surface area (Å²) in [5.41, 5.74) is 14.4. The molecule has 0 unspecified atom stereocenters. The Morgan fingerprint density at radius 2 is 0.809 bits per heavy atom. The second-order valence-corrected chi connectivity index (χ2v) is 12.3. The Labute approximate surface area is 296 Å². The Morgan fingerprint density at radius 3 is 1.17 bits per heavy atom. The molecule has 0 N–H and O–H groups in total. The van der Waals surface area contributed by atoms with E-state index < -0.39 is 0 Å². The summed E-state index contributed by atoms with van der Waals surface area (Å²) in [5, 5.41) is 5.10. The van der Waals surface area contributed by atoms with Crippen molar-refractivity contribution in [3.8, 4) is 44.8 Å². The molecule has 0 saturated heterocycles. The van der Waals surface area contributed by atoms with Crippen molar-refractivity contribution in [2.75, 3.05) is 0 Å². The molecule has 3 heteroatoms. The molecule has 2 aromatic heterocycles. The topological polar surface area (TPSA) is 25.8 Å². The van der Waals surface area contributed by atoms with Crippen molar-refractivity contribution >= 4 is 21.5 Å². The van der Waals surface area contributed by atoms with E-state index in [4.69, 9.17) is 0 Å². The zero-order valence-corrected chi connectivity index (χ0v) is 29.7. The van der Waals surface area contributed by atoms with Crippen molar-refractivity contribution in [3.05, 3.63) is 168 Å². The fourth-order valence-corrected chi connectivity index (χ4v) is 6.01. The number of pyridine rings is 2. The van der Waals surface area contributed by atoms with Gasteiger partial charge in [0.25, 0.3) is 0 Å². The van der Waals surface area contributed by atoms with Crippen LogP contribution in [0.2, 0.25) is 0 Å². The molecule has 8 aromatic rings. The summed E-state index contributed by atoms with van der Waals surface area (Å²) >= 11 is 0. The molecule has 0 atom stereocenters. The first-order valence-corrected chi connectivity index (χ1v) is 15.8. The molecule has 0 aliphatic carbocycles. The van der Waals surface area contributed by atoms with Gasteiger partial charge in [0.2, 0.25) is 0 Å². The average Bonchev–Trinajstić information content (AvgIpc) is 3.72. The zero-order chi connectivity index (χ0) is 31.6. The Balaban J connectivity index is 0.000000161. The number of nitrogens with zero attached hydrogens (tertiary/aromatic N) is 2. The van der Waals surface area contributed by atoms with Gasteiger partial charge in [-0.2, -0.15) is 0 Å². The fraction of sp³-hybridized carbons (Fsp3) is 0.0909. The van der Waals surface area contributed by atoms with E-state index in [1.165, 1.54) is 77.2 Å². The van der Waals surface area contributed by atoms with E-state index in [0.29, 0.717) is 0 Å². The van der Waals surface area contributed by atoms with E-state index in [1.807, 2.05) is 12.4 Å². The molecule has 0 saturated carbocycles. The van der Waals surface area contributed by atoms with Gasteiger partial charge in [0.1, 0.15) is 0 Å². The molecule has 8 rings (SSSR count). The van der Waals surface area contributed by atoms with Crippen LogP contribution in [0.4, 0.5) is 0 Å². The minimum Gasteiger partial charge on any atom is -0.295 e. The third-order valence-electron chi connectivity index (χ3n) is 8.64. The van der Waals surface area contributed by atoms with Crippen LogP contribution in [-0.4, -0.2) is 9.97 Å². The van der Waals surface area contributed by atoms with Crippen molar-refractivity contribution in [2.45, 2.75) is 27.7 Å². The summed E-state index contributed by atoms with van der Waals surface area (Å²) < 4.78 is 0. The summed E-state index contributed by atoms with van der Waals surface area (Å²) in [4.78, 5) is 9.12. The van der Waals surface area contributed by atoms with Crippen LogP contribution in [0.15, 0.2) is 146 Å². The quantitative estimate of drug-likeness (QED) is 0.173. The molecule has 47 heavy (non-hydrogen) atoms. The molecule has 2 heterocycles. The number of hydrogen-bond acceptors (Lipinski definition) is 2. The van der Waals surface area contributed by atoms with Crippen LogP contribution in [0.25, 0.3) is 66.3 Å². The normalized spacial score (nSPS) is 10.8. The molecule has 226 valence electrons. The molecule has 0 radical (unpaired) electrons. The maximum Gasteiger partial charge on any atom is 2.00 e. The van der Waals surface area contributed by atoms with Gasteiger partial charge in [-0.05, 0) is 49.9 Å². The Morgan fingerprint density at radius 1 is 0.426 bits per heavy atom. The number of fused-ring (bicyclic) bond motifs is 2. The Bertz CT molecular complexity index is 2090. The van der Waals surface area contributed by atoms with Gasteiger partial charge < -0.3 is 0 Å². The van der Waals surface area contributed by atoms with Crippen LogP contribution in [0.1, 0.15) is 22.3 Å². The summed E-state index contributed by atoms with van der Waals surface area (Å²) in [6, 6.07) is 47.8. The Hall–Kier alpha value is -4.72. The molecular formula is C44H36N2Zr.